The fraction of sp³-hybridized carbons (Fsp3) is 0.480. The van der Waals surface area contributed by atoms with Crippen LogP contribution in [0.4, 0.5) is 5.69 Å². The number of likely N-dealkylation sites (N-methyl/N-ethyl adjacent to an activating group) is 1. The summed E-state index contributed by atoms with van der Waals surface area (Å²) >= 11 is 6.20. The molecule has 2 aromatic carbocycles. The molecule has 0 atom stereocenters. The molecule has 1 saturated heterocycles. The zero-order valence-electron chi connectivity index (χ0n) is 21.7. The van der Waals surface area contributed by atoms with Gasteiger partial charge in [-0.05, 0) is 50.3 Å². The van der Waals surface area contributed by atoms with Crippen LogP contribution in [-0.4, -0.2) is 98.3 Å². The first-order chi connectivity index (χ1) is 17.7. The predicted molar refractivity (Wildman–Crippen MR) is 144 cm³/mol. The van der Waals surface area contributed by atoms with Crippen LogP contribution in [0, 0.1) is 0 Å². The van der Waals surface area contributed by atoms with Crippen LogP contribution in [-0.2, 0) is 14.8 Å². The van der Waals surface area contributed by atoms with Crippen LogP contribution in [0.15, 0.2) is 41.3 Å². The van der Waals surface area contributed by atoms with E-state index in [1.807, 2.05) is 0 Å². The minimum atomic E-state index is -4.22. The Kier molecular flexibility index (Phi) is 10.3. The number of nitrogens with one attached hydrogen (secondary N) is 1. The maximum absolute atomic E-state index is 13.8. The van der Waals surface area contributed by atoms with Crippen molar-refractivity contribution < 1.29 is 27.4 Å². The molecule has 204 valence electrons. The largest absolute Gasteiger partial charge is 0.495 e. The minimum absolute atomic E-state index is 0.0740. The molecular weight excluding hydrogens is 520 g/mol. The van der Waals surface area contributed by atoms with Crippen LogP contribution < -0.4 is 23.8 Å². The van der Waals surface area contributed by atoms with Crippen LogP contribution in [0.2, 0.25) is 5.02 Å². The Bertz CT molecular complexity index is 1170. The van der Waals surface area contributed by atoms with Gasteiger partial charge in [0.05, 0.1) is 31.9 Å². The molecular formula is C25H35ClN4O6S. The maximum Gasteiger partial charge on any atom is 0.265 e. The Labute approximate surface area is 224 Å². The third kappa shape index (κ3) is 7.41. The van der Waals surface area contributed by atoms with Gasteiger partial charge >= 0.3 is 0 Å². The van der Waals surface area contributed by atoms with Gasteiger partial charge in [0.25, 0.3) is 10.0 Å². The molecule has 1 fully saturated rings. The zero-order valence-corrected chi connectivity index (χ0v) is 23.3. The van der Waals surface area contributed by atoms with Gasteiger partial charge in [-0.25, -0.2) is 8.42 Å². The lowest BCUT2D eigenvalue weighted by Crippen LogP contribution is -2.45. The van der Waals surface area contributed by atoms with Gasteiger partial charge in [-0.1, -0.05) is 11.6 Å². The molecule has 0 spiro atoms. The Morgan fingerprint density at radius 1 is 0.973 bits per heavy atom. The van der Waals surface area contributed by atoms with Gasteiger partial charge in [0.1, 0.15) is 12.3 Å². The molecule has 0 saturated carbocycles. The molecule has 12 heteroatoms. The lowest BCUT2D eigenvalue weighted by atomic mass is 10.3. The van der Waals surface area contributed by atoms with Gasteiger partial charge in [0.2, 0.25) is 5.91 Å². The number of methoxy groups -OCH3 is 3. The predicted octanol–water partition coefficient (Wildman–Crippen LogP) is 2.31. The summed E-state index contributed by atoms with van der Waals surface area (Å²) in [7, 11) is 2.18. The second kappa shape index (κ2) is 13.2. The van der Waals surface area contributed by atoms with E-state index in [2.05, 4.69) is 22.2 Å². The third-order valence-electron chi connectivity index (χ3n) is 6.21. The zero-order chi connectivity index (χ0) is 27.0. The molecule has 3 rings (SSSR count). The summed E-state index contributed by atoms with van der Waals surface area (Å²) in [5.41, 5.74) is 0.150. The second-order valence-corrected chi connectivity index (χ2v) is 11.0. The van der Waals surface area contributed by atoms with Crippen molar-refractivity contribution in [1.29, 1.82) is 0 Å². The lowest BCUT2D eigenvalue weighted by molar-refractivity contribution is -0.119. The molecule has 2 aromatic rings. The van der Waals surface area contributed by atoms with Crippen LogP contribution in [0.1, 0.15) is 6.42 Å². The normalized spacial score (nSPS) is 14.7. The van der Waals surface area contributed by atoms with Crippen LogP contribution in [0.5, 0.6) is 17.2 Å². The first kappa shape index (κ1) is 28.8. The number of piperazine rings is 1. The number of ether oxygens (including phenoxy) is 3. The van der Waals surface area contributed by atoms with E-state index in [0.29, 0.717) is 17.3 Å². The van der Waals surface area contributed by atoms with Gasteiger partial charge in [-0.3, -0.25) is 9.10 Å². The Morgan fingerprint density at radius 3 is 2.27 bits per heavy atom. The standard InChI is InChI=1S/C25H35ClN4O6S/c1-28-12-14-29(15-13-28)11-5-10-27-25(31)18-30(21-16-19(26)6-8-22(21)34-2)37(32,33)20-7-9-23(35-3)24(17-20)36-4/h6-9,16-17H,5,10-15,18H2,1-4H3,(H,27,31). The molecule has 0 aliphatic carbocycles. The quantitative estimate of drug-likeness (QED) is 0.399. The van der Waals surface area contributed by atoms with E-state index in [1.165, 1.54) is 45.6 Å². The lowest BCUT2D eigenvalue weighted by Gasteiger charge is -2.32. The van der Waals surface area contributed by atoms with E-state index in [0.717, 1.165) is 43.4 Å². The summed E-state index contributed by atoms with van der Waals surface area (Å²) in [4.78, 5) is 17.5. The Hall–Kier alpha value is -2.73. The third-order valence-corrected chi connectivity index (χ3v) is 8.20. The van der Waals surface area contributed by atoms with Gasteiger partial charge in [0.15, 0.2) is 11.5 Å². The first-order valence-electron chi connectivity index (χ1n) is 12.0. The second-order valence-electron chi connectivity index (χ2n) is 8.69. The van der Waals surface area contributed by atoms with E-state index in [9.17, 15) is 13.2 Å². The molecule has 1 heterocycles. The summed E-state index contributed by atoms with van der Waals surface area (Å²) in [6, 6.07) is 8.85. The fourth-order valence-corrected chi connectivity index (χ4v) is 5.66. The summed E-state index contributed by atoms with van der Waals surface area (Å²) in [5.74, 6) is 0.446. The number of amides is 1. The highest BCUT2D eigenvalue weighted by atomic mass is 35.5. The van der Waals surface area contributed by atoms with Crippen molar-refractivity contribution in [3.05, 3.63) is 41.4 Å². The summed E-state index contributed by atoms with van der Waals surface area (Å²) in [5, 5.41) is 3.15. The van der Waals surface area contributed by atoms with Crippen LogP contribution in [0.3, 0.4) is 0 Å². The number of sulfonamides is 1. The highest BCUT2D eigenvalue weighted by Gasteiger charge is 2.30. The van der Waals surface area contributed by atoms with Crippen molar-refractivity contribution in [3.63, 3.8) is 0 Å². The number of carbonyl (C=O) groups excluding carboxylic acids is 1. The minimum Gasteiger partial charge on any atom is -0.495 e. The smallest absolute Gasteiger partial charge is 0.265 e. The average molecular weight is 555 g/mol. The molecule has 10 nitrogen and oxygen atoms in total. The topological polar surface area (TPSA) is 101 Å². The average Bonchev–Trinajstić information content (AvgIpc) is 2.90. The molecule has 1 N–H and O–H groups in total. The van der Waals surface area contributed by atoms with E-state index in [-0.39, 0.29) is 22.1 Å². The Morgan fingerprint density at radius 2 is 1.62 bits per heavy atom. The Balaban J connectivity index is 1.80. The van der Waals surface area contributed by atoms with Crippen molar-refractivity contribution in [2.45, 2.75) is 11.3 Å². The molecule has 0 aromatic heterocycles. The number of anilines is 1. The van der Waals surface area contributed by atoms with Gasteiger partial charge in [-0.15, -0.1) is 0 Å². The number of nitrogens with zero attached hydrogens (tertiary/aromatic N) is 3. The van der Waals surface area contributed by atoms with E-state index in [1.54, 1.807) is 12.1 Å². The maximum atomic E-state index is 13.8. The first-order valence-corrected chi connectivity index (χ1v) is 13.8. The SMILES string of the molecule is COc1ccc(S(=O)(=O)N(CC(=O)NCCCN2CCN(C)CC2)c2cc(Cl)ccc2OC)cc1OC. The summed E-state index contributed by atoms with van der Waals surface area (Å²) in [6.07, 6.45) is 0.762. The van der Waals surface area contributed by atoms with E-state index < -0.39 is 22.5 Å². The summed E-state index contributed by atoms with van der Waals surface area (Å²) in [6.45, 7) is 4.88. The van der Waals surface area contributed by atoms with Crippen molar-refractivity contribution in [3.8, 4) is 17.2 Å². The number of hydrogen-bond donors (Lipinski definition) is 1. The van der Waals surface area contributed by atoms with E-state index in [4.69, 9.17) is 25.8 Å². The van der Waals surface area contributed by atoms with Gasteiger partial charge in [0, 0.05) is 43.8 Å². The number of rotatable bonds is 12. The molecule has 1 amide bonds. The molecule has 37 heavy (non-hydrogen) atoms. The van der Waals surface area contributed by atoms with E-state index >= 15 is 0 Å². The van der Waals surface area contributed by atoms with Crippen molar-refractivity contribution in [1.82, 2.24) is 15.1 Å². The molecule has 1 aliphatic heterocycles. The molecule has 1 aliphatic rings. The highest BCUT2D eigenvalue weighted by Crippen LogP contribution is 2.36. The number of halogens is 1. The van der Waals surface area contributed by atoms with Crippen LogP contribution in [0.25, 0.3) is 0 Å². The van der Waals surface area contributed by atoms with Crippen LogP contribution >= 0.6 is 11.6 Å². The van der Waals surface area contributed by atoms with Crippen molar-refractivity contribution in [2.75, 3.05) is 78.5 Å². The summed E-state index contributed by atoms with van der Waals surface area (Å²) < 4.78 is 44.5. The molecule has 0 radical (unpaired) electrons. The number of benzene rings is 2. The number of hydrogen-bond acceptors (Lipinski definition) is 8. The van der Waals surface area contributed by atoms with Gasteiger partial charge < -0.3 is 29.3 Å². The molecule has 0 unspecified atom stereocenters. The van der Waals surface area contributed by atoms with Crippen molar-refractivity contribution in [2.24, 2.45) is 0 Å². The molecule has 0 bridgehead atoms. The highest BCUT2D eigenvalue weighted by molar-refractivity contribution is 7.92. The fourth-order valence-electron chi connectivity index (χ4n) is 4.05. The van der Waals surface area contributed by atoms with Gasteiger partial charge in [-0.2, -0.15) is 0 Å². The van der Waals surface area contributed by atoms with Crippen molar-refractivity contribution >= 4 is 33.2 Å². The monoisotopic (exact) mass is 554 g/mol. The number of carbonyl (C=O) groups is 1.